The molecule has 0 amide bonds. The summed E-state index contributed by atoms with van der Waals surface area (Å²) in [5, 5.41) is 7.73. The maximum absolute atomic E-state index is 4.98. The molecule has 0 fully saturated rings. The summed E-state index contributed by atoms with van der Waals surface area (Å²) < 4.78 is 7.07. The Labute approximate surface area is 98.0 Å². The first-order chi connectivity index (χ1) is 7.65. The number of methoxy groups -OCH3 is 1. The fraction of sp³-hybridized carbons (Fsp3) is 0.750. The van der Waals surface area contributed by atoms with Crippen molar-refractivity contribution in [2.75, 3.05) is 20.3 Å². The molecule has 0 saturated heterocycles. The minimum atomic E-state index is 0.632. The van der Waals surface area contributed by atoms with Crippen LogP contribution in [0.15, 0.2) is 6.20 Å². The number of hydrogen-bond donors (Lipinski definition) is 1. The van der Waals surface area contributed by atoms with Crippen LogP contribution in [-0.4, -0.2) is 30.0 Å². The number of ether oxygens (including phenoxy) is 1. The van der Waals surface area contributed by atoms with Gasteiger partial charge in [0.1, 0.15) is 0 Å². The van der Waals surface area contributed by atoms with Crippen molar-refractivity contribution < 1.29 is 4.74 Å². The number of nitrogens with one attached hydrogen (secondary N) is 1. The van der Waals surface area contributed by atoms with Gasteiger partial charge in [-0.05, 0) is 12.8 Å². The van der Waals surface area contributed by atoms with Crippen molar-refractivity contribution in [1.82, 2.24) is 15.1 Å². The fourth-order valence-electron chi connectivity index (χ4n) is 1.59. The van der Waals surface area contributed by atoms with E-state index in [9.17, 15) is 0 Å². The summed E-state index contributed by atoms with van der Waals surface area (Å²) in [6, 6.07) is 0. The van der Waals surface area contributed by atoms with Crippen LogP contribution in [0.4, 0.5) is 0 Å². The number of nitrogens with zero attached hydrogens (tertiary/aromatic N) is 2. The van der Waals surface area contributed by atoms with Gasteiger partial charge in [0.05, 0.1) is 12.8 Å². The molecule has 0 radical (unpaired) electrons. The van der Waals surface area contributed by atoms with Crippen LogP contribution < -0.4 is 5.32 Å². The van der Waals surface area contributed by atoms with Gasteiger partial charge >= 0.3 is 0 Å². The Morgan fingerprint density at radius 1 is 1.50 bits per heavy atom. The van der Waals surface area contributed by atoms with Crippen molar-refractivity contribution in [3.05, 3.63) is 17.5 Å². The summed E-state index contributed by atoms with van der Waals surface area (Å²) in [5.74, 6) is 0.632. The molecule has 1 aromatic rings. The Morgan fingerprint density at radius 2 is 2.25 bits per heavy atom. The molecular weight excluding hydrogens is 202 g/mol. The third kappa shape index (κ3) is 3.94. The normalized spacial score (nSPS) is 11.3. The lowest BCUT2D eigenvalue weighted by molar-refractivity contribution is 0.199. The molecule has 0 bridgehead atoms. The van der Waals surface area contributed by atoms with E-state index >= 15 is 0 Å². The van der Waals surface area contributed by atoms with Gasteiger partial charge in [0.15, 0.2) is 0 Å². The average molecular weight is 225 g/mol. The van der Waals surface area contributed by atoms with Gasteiger partial charge in [-0.1, -0.05) is 13.8 Å². The van der Waals surface area contributed by atoms with Gasteiger partial charge in [0.25, 0.3) is 0 Å². The molecule has 1 aromatic heterocycles. The summed E-state index contributed by atoms with van der Waals surface area (Å²) in [7, 11) is 1.72. The van der Waals surface area contributed by atoms with Crippen molar-refractivity contribution in [3.63, 3.8) is 0 Å². The van der Waals surface area contributed by atoms with Crippen molar-refractivity contribution in [2.24, 2.45) is 5.92 Å². The van der Waals surface area contributed by atoms with Crippen LogP contribution in [0.3, 0.4) is 0 Å². The van der Waals surface area contributed by atoms with Crippen LogP contribution in [0.25, 0.3) is 0 Å². The Hall–Kier alpha value is -0.870. The third-order valence-electron chi connectivity index (χ3n) is 2.54. The van der Waals surface area contributed by atoms with Crippen molar-refractivity contribution >= 4 is 0 Å². The summed E-state index contributed by atoms with van der Waals surface area (Å²) in [4.78, 5) is 0. The van der Waals surface area contributed by atoms with Crippen molar-refractivity contribution in [2.45, 2.75) is 33.9 Å². The summed E-state index contributed by atoms with van der Waals surface area (Å²) in [6.45, 7) is 10.0. The van der Waals surface area contributed by atoms with E-state index in [1.54, 1.807) is 7.11 Å². The third-order valence-corrected chi connectivity index (χ3v) is 2.54. The second kappa shape index (κ2) is 6.66. The smallest absolute Gasteiger partial charge is 0.0587 e. The minimum Gasteiger partial charge on any atom is -0.383 e. The van der Waals surface area contributed by atoms with E-state index in [1.807, 2.05) is 6.20 Å². The molecule has 92 valence electrons. The lowest BCUT2D eigenvalue weighted by atomic mass is 10.2. The molecule has 0 unspecified atom stereocenters. The molecule has 0 aliphatic heterocycles. The Bertz CT molecular complexity index is 307. The zero-order chi connectivity index (χ0) is 12.0. The highest BCUT2D eigenvalue weighted by molar-refractivity contribution is 5.15. The predicted octanol–water partition coefficient (Wildman–Crippen LogP) is 1.58. The molecule has 0 aliphatic rings. The molecule has 0 spiro atoms. The van der Waals surface area contributed by atoms with Gasteiger partial charge in [-0.2, -0.15) is 5.10 Å². The Balaban J connectivity index is 2.45. The molecular formula is C12H23N3O. The highest BCUT2D eigenvalue weighted by Gasteiger charge is 2.06. The maximum Gasteiger partial charge on any atom is 0.0587 e. The first kappa shape index (κ1) is 13.2. The van der Waals surface area contributed by atoms with Crippen LogP contribution in [0.2, 0.25) is 0 Å². The maximum atomic E-state index is 4.98. The predicted molar refractivity (Wildman–Crippen MR) is 65.4 cm³/mol. The molecule has 0 aliphatic carbocycles. The zero-order valence-electron chi connectivity index (χ0n) is 10.8. The molecule has 1 N–H and O–H groups in total. The van der Waals surface area contributed by atoms with Gasteiger partial charge < -0.3 is 10.1 Å². The van der Waals surface area contributed by atoms with E-state index in [-0.39, 0.29) is 0 Å². The summed E-state index contributed by atoms with van der Waals surface area (Å²) >= 11 is 0. The summed E-state index contributed by atoms with van der Waals surface area (Å²) in [5.41, 5.74) is 2.54. The molecule has 1 rings (SSSR count). The van der Waals surface area contributed by atoms with E-state index in [2.05, 4.69) is 35.9 Å². The zero-order valence-corrected chi connectivity index (χ0v) is 10.8. The quantitative estimate of drug-likeness (QED) is 0.716. The molecule has 1 heterocycles. The molecule has 4 heteroatoms. The Kier molecular flexibility index (Phi) is 5.49. The largest absolute Gasteiger partial charge is 0.383 e. The van der Waals surface area contributed by atoms with E-state index < -0.39 is 0 Å². The second-order valence-electron chi connectivity index (χ2n) is 4.50. The fourth-order valence-corrected chi connectivity index (χ4v) is 1.59. The van der Waals surface area contributed by atoms with Crippen molar-refractivity contribution in [1.29, 1.82) is 0 Å². The standard InChI is InChI=1S/C12H23N3O/c1-10(2)9-15-11(3)12(8-14-15)7-13-5-6-16-4/h8,10,13H,5-7,9H2,1-4H3. The molecule has 0 atom stereocenters. The minimum absolute atomic E-state index is 0.632. The van der Waals surface area contributed by atoms with Crippen LogP contribution in [0.1, 0.15) is 25.1 Å². The van der Waals surface area contributed by atoms with E-state index in [0.29, 0.717) is 5.92 Å². The highest BCUT2D eigenvalue weighted by atomic mass is 16.5. The van der Waals surface area contributed by atoms with E-state index in [1.165, 1.54) is 11.3 Å². The van der Waals surface area contributed by atoms with Gasteiger partial charge in [0.2, 0.25) is 0 Å². The van der Waals surface area contributed by atoms with E-state index in [4.69, 9.17) is 4.74 Å². The lowest BCUT2D eigenvalue weighted by Gasteiger charge is -2.08. The first-order valence-corrected chi connectivity index (χ1v) is 5.86. The molecule has 0 aromatic carbocycles. The average Bonchev–Trinajstić information content (AvgIpc) is 2.56. The topological polar surface area (TPSA) is 39.1 Å². The lowest BCUT2D eigenvalue weighted by Crippen LogP contribution is -2.19. The van der Waals surface area contributed by atoms with Crippen LogP contribution >= 0.6 is 0 Å². The monoisotopic (exact) mass is 225 g/mol. The number of aromatic nitrogens is 2. The second-order valence-corrected chi connectivity index (χ2v) is 4.50. The van der Waals surface area contributed by atoms with Crippen LogP contribution in [-0.2, 0) is 17.8 Å². The Morgan fingerprint density at radius 3 is 2.88 bits per heavy atom. The van der Waals surface area contributed by atoms with Crippen molar-refractivity contribution in [3.8, 4) is 0 Å². The van der Waals surface area contributed by atoms with Gasteiger partial charge in [0, 0.05) is 38.0 Å². The highest BCUT2D eigenvalue weighted by Crippen LogP contribution is 2.09. The molecule has 16 heavy (non-hydrogen) atoms. The van der Waals surface area contributed by atoms with Gasteiger partial charge in [-0.3, -0.25) is 4.68 Å². The SMILES string of the molecule is COCCNCc1cnn(CC(C)C)c1C. The van der Waals surface area contributed by atoms with Gasteiger partial charge in [-0.25, -0.2) is 0 Å². The van der Waals surface area contributed by atoms with Crippen LogP contribution in [0, 0.1) is 12.8 Å². The van der Waals surface area contributed by atoms with Gasteiger partial charge in [-0.15, -0.1) is 0 Å². The summed E-state index contributed by atoms with van der Waals surface area (Å²) in [6.07, 6.45) is 1.96. The number of hydrogen-bond acceptors (Lipinski definition) is 3. The first-order valence-electron chi connectivity index (χ1n) is 5.86. The molecule has 4 nitrogen and oxygen atoms in total. The molecule has 0 saturated carbocycles. The number of rotatable bonds is 7. The van der Waals surface area contributed by atoms with E-state index in [0.717, 1.165) is 26.2 Å². The van der Waals surface area contributed by atoms with Crippen LogP contribution in [0.5, 0.6) is 0 Å².